The van der Waals surface area contributed by atoms with Crippen LogP contribution in [0, 0.1) is 5.82 Å². The number of benzene rings is 3. The van der Waals surface area contributed by atoms with Gasteiger partial charge >= 0.3 is 0 Å². The number of carbonyl (C=O) groups is 1. The topological polar surface area (TPSA) is 53.9 Å². The Morgan fingerprint density at radius 3 is 2.58 bits per heavy atom. The van der Waals surface area contributed by atoms with E-state index < -0.39 is 0 Å². The molecule has 3 aromatic rings. The molecule has 3 aromatic carbocycles. The SMILES string of the molecule is O=C(N/N=C\c1cc(Cl)c(OCc2ccccc2F)c(Br)c1)c1ccc(N2CCCC2)cc1. The molecule has 1 aliphatic heterocycles. The van der Waals surface area contributed by atoms with Crippen molar-refractivity contribution in [2.24, 2.45) is 5.10 Å². The first-order valence-electron chi connectivity index (χ1n) is 10.5. The van der Waals surface area contributed by atoms with Crippen LogP contribution in [0.5, 0.6) is 5.75 Å². The Hall–Kier alpha value is -2.90. The van der Waals surface area contributed by atoms with E-state index >= 15 is 0 Å². The molecule has 1 amide bonds. The summed E-state index contributed by atoms with van der Waals surface area (Å²) in [5, 5.41) is 4.37. The van der Waals surface area contributed by atoms with Gasteiger partial charge in [0.1, 0.15) is 12.4 Å². The molecule has 1 heterocycles. The minimum absolute atomic E-state index is 0.0467. The molecule has 1 N–H and O–H groups in total. The summed E-state index contributed by atoms with van der Waals surface area (Å²) in [6.07, 6.45) is 3.90. The van der Waals surface area contributed by atoms with Crippen molar-refractivity contribution < 1.29 is 13.9 Å². The number of ether oxygens (including phenoxy) is 1. The predicted octanol–water partition coefficient (Wildman–Crippen LogP) is 6.18. The van der Waals surface area contributed by atoms with Crippen molar-refractivity contribution >= 4 is 45.3 Å². The van der Waals surface area contributed by atoms with Crippen LogP contribution in [-0.4, -0.2) is 25.2 Å². The molecule has 0 aromatic heterocycles. The number of amides is 1. The molecule has 0 radical (unpaired) electrons. The van der Waals surface area contributed by atoms with Crippen LogP contribution in [-0.2, 0) is 6.61 Å². The molecule has 0 atom stereocenters. The second-order valence-corrected chi connectivity index (χ2v) is 8.90. The molecule has 0 spiro atoms. The molecule has 0 saturated carbocycles. The molecule has 170 valence electrons. The van der Waals surface area contributed by atoms with E-state index in [1.54, 1.807) is 42.5 Å². The van der Waals surface area contributed by atoms with Gasteiger partial charge in [0.2, 0.25) is 0 Å². The maximum atomic E-state index is 13.8. The fourth-order valence-electron chi connectivity index (χ4n) is 3.59. The predicted molar refractivity (Wildman–Crippen MR) is 133 cm³/mol. The zero-order chi connectivity index (χ0) is 23.2. The van der Waals surface area contributed by atoms with Gasteiger partial charge in [0, 0.05) is 29.9 Å². The van der Waals surface area contributed by atoms with Crippen LogP contribution in [0.1, 0.15) is 34.3 Å². The smallest absolute Gasteiger partial charge is 0.271 e. The van der Waals surface area contributed by atoms with Crippen LogP contribution in [0.3, 0.4) is 0 Å². The third-order valence-electron chi connectivity index (χ3n) is 5.33. The lowest BCUT2D eigenvalue weighted by Crippen LogP contribution is -2.19. The van der Waals surface area contributed by atoms with Crippen molar-refractivity contribution in [3.8, 4) is 5.75 Å². The Kier molecular flexibility index (Phi) is 7.62. The van der Waals surface area contributed by atoms with Gasteiger partial charge in [-0.05, 0) is 76.8 Å². The molecule has 1 saturated heterocycles. The van der Waals surface area contributed by atoms with E-state index in [0.717, 1.165) is 18.8 Å². The number of hydrogen-bond donors (Lipinski definition) is 1. The second-order valence-electron chi connectivity index (χ2n) is 7.63. The minimum atomic E-state index is -0.338. The van der Waals surface area contributed by atoms with E-state index in [1.165, 1.54) is 25.1 Å². The van der Waals surface area contributed by atoms with E-state index in [9.17, 15) is 9.18 Å². The minimum Gasteiger partial charge on any atom is -0.486 e. The average molecular weight is 531 g/mol. The lowest BCUT2D eigenvalue weighted by Gasteiger charge is -2.17. The molecular formula is C25H22BrClFN3O2. The Balaban J connectivity index is 1.36. The number of halogens is 3. The summed E-state index contributed by atoms with van der Waals surface area (Å²) in [6.45, 7) is 2.16. The van der Waals surface area contributed by atoms with Crippen molar-refractivity contribution in [1.82, 2.24) is 5.43 Å². The number of rotatable bonds is 7. The number of hydrazone groups is 1. The van der Waals surface area contributed by atoms with Crippen molar-refractivity contribution in [1.29, 1.82) is 0 Å². The summed E-state index contributed by atoms with van der Waals surface area (Å²) in [4.78, 5) is 14.7. The molecule has 0 unspecified atom stereocenters. The highest BCUT2D eigenvalue weighted by molar-refractivity contribution is 9.10. The van der Waals surface area contributed by atoms with Crippen molar-refractivity contribution in [3.05, 3.63) is 92.7 Å². The maximum absolute atomic E-state index is 13.8. The summed E-state index contributed by atoms with van der Waals surface area (Å²) < 4.78 is 20.1. The van der Waals surface area contributed by atoms with Gasteiger partial charge < -0.3 is 9.64 Å². The van der Waals surface area contributed by atoms with Gasteiger partial charge in [-0.1, -0.05) is 29.8 Å². The Morgan fingerprint density at radius 2 is 1.88 bits per heavy atom. The van der Waals surface area contributed by atoms with E-state index in [0.29, 0.717) is 31.9 Å². The van der Waals surface area contributed by atoms with Gasteiger partial charge in [0.15, 0.2) is 5.75 Å². The van der Waals surface area contributed by atoms with E-state index in [-0.39, 0.29) is 18.3 Å². The number of nitrogens with zero attached hydrogens (tertiary/aromatic N) is 2. The summed E-state index contributed by atoms with van der Waals surface area (Å²) in [7, 11) is 0. The van der Waals surface area contributed by atoms with Crippen molar-refractivity contribution in [3.63, 3.8) is 0 Å². The average Bonchev–Trinajstić information content (AvgIpc) is 3.35. The fraction of sp³-hybridized carbons (Fsp3) is 0.200. The molecule has 1 fully saturated rings. The van der Waals surface area contributed by atoms with Crippen LogP contribution in [0.4, 0.5) is 10.1 Å². The molecule has 4 rings (SSSR count). The number of anilines is 1. The van der Waals surface area contributed by atoms with Crippen LogP contribution >= 0.6 is 27.5 Å². The first-order chi connectivity index (χ1) is 16.0. The molecule has 5 nitrogen and oxygen atoms in total. The molecular weight excluding hydrogens is 509 g/mol. The number of hydrogen-bond acceptors (Lipinski definition) is 4. The Labute approximate surface area is 205 Å². The van der Waals surface area contributed by atoms with E-state index in [1.807, 2.05) is 12.1 Å². The molecule has 0 bridgehead atoms. The lowest BCUT2D eigenvalue weighted by molar-refractivity contribution is 0.0955. The zero-order valence-electron chi connectivity index (χ0n) is 17.7. The first-order valence-corrected chi connectivity index (χ1v) is 11.7. The summed E-state index contributed by atoms with van der Waals surface area (Å²) in [5.74, 6) is -0.233. The molecule has 8 heteroatoms. The van der Waals surface area contributed by atoms with Crippen molar-refractivity contribution in [2.45, 2.75) is 19.4 Å². The summed E-state index contributed by atoms with van der Waals surface area (Å²) >= 11 is 9.77. The fourth-order valence-corrected chi connectivity index (χ4v) is 4.58. The van der Waals surface area contributed by atoms with Gasteiger partial charge in [-0.15, -0.1) is 0 Å². The van der Waals surface area contributed by atoms with Gasteiger partial charge in [0.05, 0.1) is 15.7 Å². The summed E-state index contributed by atoms with van der Waals surface area (Å²) in [5.41, 5.74) is 5.29. The molecule has 1 aliphatic rings. The number of nitrogens with one attached hydrogen (secondary N) is 1. The van der Waals surface area contributed by atoms with Crippen LogP contribution in [0.15, 0.2) is 70.2 Å². The highest BCUT2D eigenvalue weighted by Gasteiger charge is 2.13. The Bertz CT molecular complexity index is 1140. The van der Waals surface area contributed by atoms with Gasteiger partial charge in [-0.2, -0.15) is 5.10 Å². The van der Waals surface area contributed by atoms with Crippen LogP contribution in [0.2, 0.25) is 5.02 Å². The number of carbonyl (C=O) groups excluding carboxylic acids is 1. The first kappa shape index (κ1) is 23.3. The normalized spacial score (nSPS) is 13.5. The lowest BCUT2D eigenvalue weighted by atomic mass is 10.2. The largest absolute Gasteiger partial charge is 0.486 e. The van der Waals surface area contributed by atoms with Crippen LogP contribution in [0.25, 0.3) is 0 Å². The quantitative estimate of drug-likeness (QED) is 0.293. The maximum Gasteiger partial charge on any atom is 0.271 e. The van der Waals surface area contributed by atoms with Gasteiger partial charge in [0.25, 0.3) is 5.91 Å². The zero-order valence-corrected chi connectivity index (χ0v) is 20.1. The van der Waals surface area contributed by atoms with E-state index in [4.69, 9.17) is 16.3 Å². The molecule has 33 heavy (non-hydrogen) atoms. The monoisotopic (exact) mass is 529 g/mol. The van der Waals surface area contributed by atoms with Crippen LogP contribution < -0.4 is 15.1 Å². The standard InChI is InChI=1S/C25H22BrClFN3O2/c26-21-13-17(14-22(27)24(21)33-16-19-5-1-2-6-23(19)28)15-29-30-25(32)18-7-9-20(10-8-18)31-11-3-4-12-31/h1-2,5-10,13-15H,3-4,11-12,16H2,(H,30,32)/b29-15-. The van der Waals surface area contributed by atoms with Crippen molar-refractivity contribution in [2.75, 3.05) is 18.0 Å². The Morgan fingerprint density at radius 1 is 1.15 bits per heavy atom. The highest BCUT2D eigenvalue weighted by atomic mass is 79.9. The second kappa shape index (κ2) is 10.8. The third-order valence-corrected chi connectivity index (χ3v) is 6.20. The molecule has 0 aliphatic carbocycles. The van der Waals surface area contributed by atoms with Gasteiger partial charge in [-0.3, -0.25) is 4.79 Å². The summed E-state index contributed by atoms with van der Waals surface area (Å²) in [6, 6.07) is 17.3. The third kappa shape index (κ3) is 5.92. The van der Waals surface area contributed by atoms with Gasteiger partial charge in [-0.25, -0.2) is 9.82 Å². The highest BCUT2D eigenvalue weighted by Crippen LogP contribution is 2.35. The van der Waals surface area contributed by atoms with E-state index in [2.05, 4.69) is 31.4 Å².